The van der Waals surface area contributed by atoms with Crippen LogP contribution in [-0.2, 0) is 9.53 Å². The number of alkyl halides is 1. The molecule has 0 amide bonds. The van der Waals surface area contributed by atoms with E-state index in [4.69, 9.17) is 27.9 Å². The molecule has 0 fully saturated rings. The van der Waals surface area contributed by atoms with Gasteiger partial charge < -0.3 is 9.30 Å². The molecule has 0 radical (unpaired) electrons. The first-order valence-corrected chi connectivity index (χ1v) is 7.58. The number of benzene rings is 1. The van der Waals surface area contributed by atoms with Crippen LogP contribution in [0.4, 0.5) is 0 Å². The summed E-state index contributed by atoms with van der Waals surface area (Å²) in [5.74, 6) is 0.298. The average Bonchev–Trinajstić information content (AvgIpc) is 2.79. The van der Waals surface area contributed by atoms with Crippen LogP contribution in [0.3, 0.4) is 0 Å². The summed E-state index contributed by atoms with van der Waals surface area (Å²) in [6.07, 6.45) is 0. The van der Waals surface area contributed by atoms with Crippen LogP contribution in [-0.4, -0.2) is 22.6 Å². The van der Waals surface area contributed by atoms with E-state index in [0.717, 1.165) is 5.52 Å². The summed E-state index contributed by atoms with van der Waals surface area (Å²) in [5, 5.41) is 0.192. The van der Waals surface area contributed by atoms with Gasteiger partial charge in [-0.25, -0.2) is 9.78 Å². The van der Waals surface area contributed by atoms with E-state index in [1.807, 2.05) is 37.5 Å². The highest BCUT2D eigenvalue weighted by Gasteiger charge is 2.31. The smallest absolute Gasteiger partial charge is 0.329 e. The highest BCUT2D eigenvalue weighted by Crippen LogP contribution is 2.34. The molecule has 1 aromatic heterocycles. The molecule has 0 saturated heterocycles. The number of esters is 1. The quantitative estimate of drug-likeness (QED) is 0.618. The standard InChI is InChI=1S/C15H18Cl2N2O2/c1-8(2)12(15(20)21-4)19-13-10(17)6-5-7-11(13)18-14(19)9(3)16/h5-9,12H,1-4H3. The van der Waals surface area contributed by atoms with Gasteiger partial charge in [-0.1, -0.05) is 31.5 Å². The van der Waals surface area contributed by atoms with Crippen LogP contribution in [0.15, 0.2) is 18.2 Å². The monoisotopic (exact) mass is 328 g/mol. The molecule has 0 aliphatic rings. The first kappa shape index (κ1) is 16.1. The van der Waals surface area contributed by atoms with Crippen LogP contribution in [0.5, 0.6) is 0 Å². The molecule has 2 unspecified atom stereocenters. The van der Waals surface area contributed by atoms with Crippen molar-refractivity contribution in [2.75, 3.05) is 7.11 Å². The second kappa shape index (κ2) is 6.24. The fourth-order valence-electron chi connectivity index (χ4n) is 2.48. The van der Waals surface area contributed by atoms with Crippen LogP contribution in [0, 0.1) is 5.92 Å². The zero-order valence-corrected chi connectivity index (χ0v) is 13.9. The molecule has 2 atom stereocenters. The number of ether oxygens (including phenoxy) is 1. The number of hydrogen-bond donors (Lipinski definition) is 0. The van der Waals surface area contributed by atoms with Crippen LogP contribution in [0.25, 0.3) is 11.0 Å². The van der Waals surface area contributed by atoms with Crippen molar-refractivity contribution in [3.05, 3.63) is 29.0 Å². The van der Waals surface area contributed by atoms with Gasteiger partial charge in [0.2, 0.25) is 0 Å². The second-order valence-corrected chi connectivity index (χ2v) is 6.34. The van der Waals surface area contributed by atoms with Crippen molar-refractivity contribution >= 4 is 40.2 Å². The van der Waals surface area contributed by atoms with Gasteiger partial charge >= 0.3 is 5.97 Å². The Hall–Kier alpha value is -1.26. The van der Waals surface area contributed by atoms with E-state index < -0.39 is 6.04 Å². The van der Waals surface area contributed by atoms with Crippen molar-refractivity contribution in [1.82, 2.24) is 9.55 Å². The lowest BCUT2D eigenvalue weighted by molar-refractivity contribution is -0.145. The van der Waals surface area contributed by atoms with Crippen LogP contribution in [0.2, 0.25) is 5.02 Å². The molecular weight excluding hydrogens is 311 g/mol. The number of carbonyl (C=O) groups excluding carboxylic acids is 1. The maximum atomic E-state index is 12.2. The van der Waals surface area contributed by atoms with Gasteiger partial charge in [0.1, 0.15) is 11.9 Å². The normalized spacial score (nSPS) is 14.4. The number of para-hydroxylation sites is 1. The summed E-state index contributed by atoms with van der Waals surface area (Å²) in [6.45, 7) is 5.72. The molecule has 6 heteroatoms. The van der Waals surface area contributed by atoms with E-state index in [-0.39, 0.29) is 17.3 Å². The predicted molar refractivity (Wildman–Crippen MR) is 84.9 cm³/mol. The first-order chi connectivity index (χ1) is 9.88. The predicted octanol–water partition coefficient (Wildman–Crippen LogP) is 4.36. The number of hydrogen-bond acceptors (Lipinski definition) is 3. The van der Waals surface area contributed by atoms with Crippen molar-refractivity contribution in [2.24, 2.45) is 5.92 Å². The third-order valence-corrected chi connectivity index (χ3v) is 3.90. The van der Waals surface area contributed by atoms with E-state index in [0.29, 0.717) is 16.4 Å². The Bertz CT molecular complexity index is 665. The van der Waals surface area contributed by atoms with E-state index in [2.05, 4.69) is 4.98 Å². The number of carbonyl (C=O) groups is 1. The summed E-state index contributed by atoms with van der Waals surface area (Å²) < 4.78 is 6.76. The highest BCUT2D eigenvalue weighted by atomic mass is 35.5. The Balaban J connectivity index is 2.80. The van der Waals surface area contributed by atoms with E-state index in [1.54, 1.807) is 6.07 Å². The van der Waals surface area contributed by atoms with Gasteiger partial charge in [-0.2, -0.15) is 0 Å². The Labute approximate surface area is 134 Å². The summed E-state index contributed by atoms with van der Waals surface area (Å²) in [7, 11) is 1.38. The van der Waals surface area contributed by atoms with Crippen molar-refractivity contribution in [1.29, 1.82) is 0 Å². The molecular formula is C15H18Cl2N2O2. The maximum Gasteiger partial charge on any atom is 0.329 e. The molecule has 4 nitrogen and oxygen atoms in total. The molecule has 1 aromatic carbocycles. The van der Waals surface area contributed by atoms with Crippen LogP contribution >= 0.6 is 23.2 Å². The summed E-state index contributed by atoms with van der Waals surface area (Å²) in [5.41, 5.74) is 1.44. The summed E-state index contributed by atoms with van der Waals surface area (Å²) in [4.78, 5) is 16.8. The van der Waals surface area contributed by atoms with Crippen molar-refractivity contribution in [3.8, 4) is 0 Å². The van der Waals surface area contributed by atoms with Crippen molar-refractivity contribution in [3.63, 3.8) is 0 Å². The molecule has 21 heavy (non-hydrogen) atoms. The number of nitrogens with zero attached hydrogens (tertiary/aromatic N) is 2. The van der Waals surface area contributed by atoms with Gasteiger partial charge in [0.25, 0.3) is 0 Å². The summed E-state index contributed by atoms with van der Waals surface area (Å²) >= 11 is 12.6. The van der Waals surface area contributed by atoms with E-state index >= 15 is 0 Å². The van der Waals surface area contributed by atoms with Gasteiger partial charge in [0, 0.05) is 0 Å². The fraction of sp³-hybridized carbons (Fsp3) is 0.467. The summed E-state index contributed by atoms with van der Waals surface area (Å²) in [6, 6.07) is 4.94. The minimum absolute atomic E-state index is 0.0142. The zero-order valence-electron chi connectivity index (χ0n) is 12.4. The number of halogens is 2. The van der Waals surface area contributed by atoms with Crippen molar-refractivity contribution in [2.45, 2.75) is 32.2 Å². The molecule has 0 aliphatic carbocycles. The number of fused-ring (bicyclic) bond motifs is 1. The molecule has 0 aliphatic heterocycles. The van der Waals surface area contributed by atoms with E-state index in [1.165, 1.54) is 7.11 Å². The number of aromatic nitrogens is 2. The molecule has 0 N–H and O–H groups in total. The van der Waals surface area contributed by atoms with Crippen molar-refractivity contribution < 1.29 is 9.53 Å². The molecule has 2 aromatic rings. The number of methoxy groups -OCH3 is 1. The molecule has 114 valence electrons. The van der Waals surface area contributed by atoms with E-state index in [9.17, 15) is 4.79 Å². The zero-order chi connectivity index (χ0) is 15.7. The topological polar surface area (TPSA) is 44.1 Å². The lowest BCUT2D eigenvalue weighted by Crippen LogP contribution is -2.27. The number of imidazole rings is 1. The molecule has 0 bridgehead atoms. The first-order valence-electron chi connectivity index (χ1n) is 6.76. The second-order valence-electron chi connectivity index (χ2n) is 5.28. The Morgan fingerprint density at radius 1 is 1.33 bits per heavy atom. The number of rotatable bonds is 4. The average molecular weight is 329 g/mol. The Kier molecular flexibility index (Phi) is 4.79. The molecule has 2 rings (SSSR count). The van der Waals surface area contributed by atoms with Gasteiger partial charge in [-0.15, -0.1) is 11.6 Å². The minimum atomic E-state index is -0.518. The minimum Gasteiger partial charge on any atom is -0.467 e. The van der Waals surface area contributed by atoms with Gasteiger partial charge in [0.15, 0.2) is 0 Å². The lowest BCUT2D eigenvalue weighted by atomic mass is 10.0. The van der Waals surface area contributed by atoms with Gasteiger partial charge in [0.05, 0.1) is 28.5 Å². The van der Waals surface area contributed by atoms with Crippen LogP contribution in [0.1, 0.15) is 38.0 Å². The van der Waals surface area contributed by atoms with Crippen LogP contribution < -0.4 is 0 Å². The highest BCUT2D eigenvalue weighted by molar-refractivity contribution is 6.35. The molecule has 0 saturated carbocycles. The third-order valence-electron chi connectivity index (χ3n) is 3.40. The van der Waals surface area contributed by atoms with Gasteiger partial charge in [-0.3, -0.25) is 0 Å². The Morgan fingerprint density at radius 2 is 2.00 bits per heavy atom. The molecule has 1 heterocycles. The largest absolute Gasteiger partial charge is 0.467 e. The lowest BCUT2D eigenvalue weighted by Gasteiger charge is -2.23. The molecule has 0 spiro atoms. The maximum absolute atomic E-state index is 12.2. The fourth-order valence-corrected chi connectivity index (χ4v) is 2.90. The SMILES string of the molecule is COC(=O)C(C(C)C)n1c(C(C)Cl)nc2cccc(Cl)c21. The Morgan fingerprint density at radius 3 is 2.52 bits per heavy atom. The van der Waals surface area contributed by atoms with Gasteiger partial charge in [-0.05, 0) is 25.0 Å². The third kappa shape index (κ3) is 2.87.